The van der Waals surface area contributed by atoms with Gasteiger partial charge < -0.3 is 25.4 Å². The molecule has 1 aliphatic heterocycles. The van der Waals surface area contributed by atoms with Crippen molar-refractivity contribution in [3.05, 3.63) is 58.9 Å². The van der Waals surface area contributed by atoms with Gasteiger partial charge in [-0.1, -0.05) is 23.7 Å². The summed E-state index contributed by atoms with van der Waals surface area (Å²) in [7, 11) is 0. The average molecular weight is 450 g/mol. The van der Waals surface area contributed by atoms with Gasteiger partial charge in [-0.3, -0.25) is 4.79 Å². The Labute approximate surface area is 185 Å². The lowest BCUT2D eigenvalue weighted by atomic mass is 10.0. The fourth-order valence-electron chi connectivity index (χ4n) is 3.42. The first kappa shape index (κ1) is 22.8. The van der Waals surface area contributed by atoms with Crippen molar-refractivity contribution in [1.82, 2.24) is 4.90 Å². The van der Waals surface area contributed by atoms with E-state index in [0.717, 1.165) is 5.56 Å². The summed E-state index contributed by atoms with van der Waals surface area (Å²) in [6.07, 6.45) is 0.598. The molecule has 1 fully saturated rings. The van der Waals surface area contributed by atoms with Crippen LogP contribution in [0.5, 0.6) is 5.75 Å². The number of nitrogens with one attached hydrogen (secondary N) is 1. The van der Waals surface area contributed by atoms with Gasteiger partial charge in [0.1, 0.15) is 11.6 Å². The zero-order valence-corrected chi connectivity index (χ0v) is 17.9. The van der Waals surface area contributed by atoms with Crippen LogP contribution in [0.2, 0.25) is 5.02 Å². The van der Waals surface area contributed by atoms with Crippen LogP contribution in [-0.2, 0) is 16.0 Å². The van der Waals surface area contributed by atoms with Crippen molar-refractivity contribution in [2.24, 2.45) is 5.73 Å². The van der Waals surface area contributed by atoms with Gasteiger partial charge in [-0.15, -0.1) is 0 Å². The Bertz CT molecular complexity index is 925. The molecule has 31 heavy (non-hydrogen) atoms. The molecule has 0 bridgehead atoms. The lowest BCUT2D eigenvalue weighted by Gasteiger charge is -2.38. The zero-order valence-electron chi connectivity index (χ0n) is 17.1. The van der Waals surface area contributed by atoms with Crippen LogP contribution in [0.3, 0.4) is 0 Å². The molecule has 1 heterocycles. The molecule has 3 amide bonds. The number of carbonyl (C=O) groups excluding carboxylic acids is 2. The Hall–Kier alpha value is -2.84. The van der Waals surface area contributed by atoms with E-state index in [2.05, 4.69) is 5.32 Å². The number of anilines is 1. The van der Waals surface area contributed by atoms with Gasteiger partial charge in [-0.2, -0.15) is 0 Å². The van der Waals surface area contributed by atoms with Crippen molar-refractivity contribution >= 4 is 29.2 Å². The second-order valence-corrected chi connectivity index (χ2v) is 7.85. The van der Waals surface area contributed by atoms with Crippen molar-refractivity contribution in [2.45, 2.75) is 31.9 Å². The summed E-state index contributed by atoms with van der Waals surface area (Å²) in [5.74, 6) is 0.0344. The third-order valence-electron chi connectivity index (χ3n) is 4.98. The van der Waals surface area contributed by atoms with E-state index in [1.807, 2.05) is 6.92 Å². The lowest BCUT2D eigenvalue weighted by molar-refractivity contribution is -0.144. The van der Waals surface area contributed by atoms with Gasteiger partial charge in [-0.25, -0.2) is 9.18 Å². The fourth-order valence-corrected chi connectivity index (χ4v) is 3.59. The molecule has 9 heteroatoms. The van der Waals surface area contributed by atoms with Gasteiger partial charge >= 0.3 is 6.03 Å². The van der Waals surface area contributed by atoms with Gasteiger partial charge in [0.05, 0.1) is 37.5 Å². The number of morpholine rings is 1. The van der Waals surface area contributed by atoms with Crippen molar-refractivity contribution in [3.8, 4) is 5.75 Å². The van der Waals surface area contributed by atoms with Gasteiger partial charge in [-0.05, 0) is 42.8 Å². The van der Waals surface area contributed by atoms with Crippen molar-refractivity contribution in [3.63, 3.8) is 0 Å². The summed E-state index contributed by atoms with van der Waals surface area (Å²) >= 11 is 5.94. The highest BCUT2D eigenvalue weighted by Gasteiger charge is 2.29. The molecule has 0 unspecified atom stereocenters. The predicted octanol–water partition coefficient (Wildman–Crippen LogP) is 3.60. The molecule has 3 rings (SSSR count). The second-order valence-electron chi connectivity index (χ2n) is 7.41. The van der Waals surface area contributed by atoms with Crippen molar-refractivity contribution in [1.29, 1.82) is 0 Å². The van der Waals surface area contributed by atoms with E-state index in [1.54, 1.807) is 29.2 Å². The molecule has 1 aliphatic rings. The van der Waals surface area contributed by atoms with E-state index in [4.69, 9.17) is 26.8 Å². The molecule has 7 nitrogen and oxygen atoms in total. The smallest absolute Gasteiger partial charge is 0.316 e. The minimum atomic E-state index is -0.738. The van der Waals surface area contributed by atoms with E-state index in [9.17, 15) is 14.0 Å². The number of benzene rings is 2. The molecule has 0 radical (unpaired) electrons. The number of hydrogen-bond acceptors (Lipinski definition) is 4. The van der Waals surface area contributed by atoms with Crippen LogP contribution >= 0.6 is 11.6 Å². The maximum Gasteiger partial charge on any atom is 0.316 e. The van der Waals surface area contributed by atoms with E-state index in [1.165, 1.54) is 18.2 Å². The van der Waals surface area contributed by atoms with Gasteiger partial charge in [0.15, 0.2) is 0 Å². The number of carbonyl (C=O) groups is 2. The molecular formula is C22H25ClFN3O4. The molecule has 1 saturated heterocycles. The molecule has 166 valence electrons. The lowest BCUT2D eigenvalue weighted by Crippen LogP contribution is -2.51. The van der Waals surface area contributed by atoms with Crippen LogP contribution in [0.4, 0.5) is 14.9 Å². The molecule has 0 saturated carbocycles. The largest absolute Gasteiger partial charge is 0.491 e. The number of primary amides is 1. The number of urea groups is 1. The monoisotopic (exact) mass is 449 g/mol. The third kappa shape index (κ3) is 6.57. The highest BCUT2D eigenvalue weighted by molar-refractivity contribution is 6.31. The van der Waals surface area contributed by atoms with Crippen LogP contribution in [0.15, 0.2) is 42.5 Å². The number of nitrogens with two attached hydrogens (primary N) is 1. The van der Waals surface area contributed by atoms with Crippen LogP contribution in [-0.4, -0.2) is 48.7 Å². The number of halogens is 2. The van der Waals surface area contributed by atoms with Crippen molar-refractivity contribution in [2.75, 3.05) is 25.1 Å². The molecule has 0 aromatic heterocycles. The second kappa shape index (κ2) is 10.5. The molecule has 3 N–H and O–H groups in total. The van der Waals surface area contributed by atoms with Crippen molar-refractivity contribution < 1.29 is 23.5 Å². The topological polar surface area (TPSA) is 93.9 Å². The fraction of sp³-hybridized carbons (Fsp3) is 0.364. The Morgan fingerprint density at radius 3 is 2.74 bits per heavy atom. The summed E-state index contributed by atoms with van der Waals surface area (Å²) < 4.78 is 24.6. The van der Waals surface area contributed by atoms with E-state index in [0.29, 0.717) is 36.0 Å². The van der Waals surface area contributed by atoms with Gasteiger partial charge in [0.25, 0.3) is 0 Å². The first-order chi connectivity index (χ1) is 14.8. The first-order valence-electron chi connectivity index (χ1n) is 9.96. The maximum absolute atomic E-state index is 13.1. The number of rotatable bonds is 7. The number of hydrogen-bond donors (Lipinski definition) is 2. The summed E-state index contributed by atoms with van der Waals surface area (Å²) in [5, 5.41) is 2.87. The number of nitrogens with zero attached hydrogens (tertiary/aromatic N) is 1. The molecular weight excluding hydrogens is 425 g/mol. The Morgan fingerprint density at radius 1 is 1.29 bits per heavy atom. The summed E-state index contributed by atoms with van der Waals surface area (Å²) in [5.41, 5.74) is 6.46. The van der Waals surface area contributed by atoms with Crippen LogP contribution in [0.1, 0.15) is 18.9 Å². The van der Waals surface area contributed by atoms with Gasteiger partial charge in [0.2, 0.25) is 5.91 Å². The summed E-state index contributed by atoms with van der Waals surface area (Å²) in [6.45, 7) is 2.94. The molecule has 0 aliphatic carbocycles. The highest BCUT2D eigenvalue weighted by Crippen LogP contribution is 2.28. The average Bonchev–Trinajstić information content (AvgIpc) is 2.72. The number of amides is 3. The normalized spacial score (nSPS) is 18.5. The zero-order chi connectivity index (χ0) is 22.4. The Kier molecular flexibility index (Phi) is 7.70. The molecule has 2 aromatic carbocycles. The van der Waals surface area contributed by atoms with E-state index >= 15 is 0 Å². The van der Waals surface area contributed by atoms with Gasteiger partial charge in [0, 0.05) is 18.0 Å². The molecule has 0 spiro atoms. The quantitative estimate of drug-likeness (QED) is 0.675. The maximum atomic E-state index is 13.1. The highest BCUT2D eigenvalue weighted by atomic mass is 35.5. The van der Waals surface area contributed by atoms with Crippen LogP contribution in [0.25, 0.3) is 0 Å². The molecule has 2 aromatic rings. The SMILES string of the molecule is C[C@H]1CO[C@H](Cc2ccc(F)cc2)CN1C(=O)CCOc1ccc(Cl)cc1NC(N)=O. The molecule has 2 atom stereocenters. The Morgan fingerprint density at radius 2 is 2.03 bits per heavy atom. The first-order valence-corrected chi connectivity index (χ1v) is 10.3. The minimum absolute atomic E-state index is 0.0559. The van der Waals surface area contributed by atoms with Crippen LogP contribution < -0.4 is 15.8 Å². The third-order valence-corrected chi connectivity index (χ3v) is 5.21. The summed E-state index contributed by atoms with van der Waals surface area (Å²) in [4.78, 5) is 25.7. The number of ether oxygens (including phenoxy) is 2. The van der Waals surface area contributed by atoms with E-state index in [-0.39, 0.29) is 36.9 Å². The Balaban J connectivity index is 1.54. The summed E-state index contributed by atoms with van der Waals surface area (Å²) in [6, 6.07) is 10.2. The standard InChI is InChI=1S/C22H25ClFN3O4/c1-14-13-31-18(10-15-2-5-17(24)6-3-15)12-27(14)21(28)8-9-30-20-7-4-16(23)11-19(20)26-22(25)29/h2-7,11,14,18H,8-10,12-13H2,1H3,(H3,25,26,29)/t14-,18+/m0/s1. The predicted molar refractivity (Wildman–Crippen MR) is 116 cm³/mol. The van der Waals surface area contributed by atoms with Crippen LogP contribution in [0, 0.1) is 5.82 Å². The minimum Gasteiger partial charge on any atom is -0.491 e. The van der Waals surface area contributed by atoms with E-state index < -0.39 is 6.03 Å².